The van der Waals surface area contributed by atoms with Gasteiger partial charge in [0.05, 0.1) is 18.6 Å². The molecule has 1 heterocycles. The molecule has 0 saturated carbocycles. The van der Waals surface area contributed by atoms with Crippen molar-refractivity contribution in [2.24, 2.45) is 5.41 Å². The smallest absolute Gasteiger partial charge is 0.282 e. The van der Waals surface area contributed by atoms with E-state index in [0.717, 1.165) is 12.8 Å². The minimum atomic E-state index is -0.509. The minimum Gasteiger partial charge on any atom is -0.493 e. The number of hydrogen-bond donors (Lipinski definition) is 0. The number of nitro benzene ring substituents is 1. The molecule has 0 atom stereocenters. The highest BCUT2D eigenvalue weighted by Crippen LogP contribution is 2.40. The molecule has 7 nitrogen and oxygen atoms in total. The van der Waals surface area contributed by atoms with Gasteiger partial charge in [0.2, 0.25) is 0 Å². The van der Waals surface area contributed by atoms with E-state index in [9.17, 15) is 14.9 Å². The van der Waals surface area contributed by atoms with Gasteiger partial charge in [-0.1, -0.05) is 13.8 Å². The van der Waals surface area contributed by atoms with Crippen LogP contribution in [-0.4, -0.2) is 47.4 Å². The number of halogens is 1. The molecule has 0 N–H and O–H groups in total. The lowest BCUT2D eigenvalue weighted by molar-refractivity contribution is -0.385. The van der Waals surface area contributed by atoms with Crippen molar-refractivity contribution < 1.29 is 19.2 Å². The minimum absolute atomic E-state index is 0.0951. The summed E-state index contributed by atoms with van der Waals surface area (Å²) in [6.45, 7) is 9.49. The van der Waals surface area contributed by atoms with Crippen LogP contribution in [0, 0.1) is 15.5 Å². The highest BCUT2D eigenvalue weighted by Gasteiger charge is 2.36. The molecule has 0 aromatic heterocycles. The molecule has 31 heavy (non-hydrogen) atoms. The normalized spacial score (nSPS) is 14.7. The fourth-order valence-electron chi connectivity index (χ4n) is 3.41. The lowest BCUT2D eigenvalue weighted by Crippen LogP contribution is -2.38. The first kappa shape index (κ1) is 23.1. The molecule has 1 aliphatic rings. The van der Waals surface area contributed by atoms with E-state index in [1.54, 1.807) is 23.1 Å². The van der Waals surface area contributed by atoms with Crippen molar-refractivity contribution >= 4 is 34.0 Å². The summed E-state index contributed by atoms with van der Waals surface area (Å²) >= 11 is 6.51. The molecule has 1 fully saturated rings. The van der Waals surface area contributed by atoms with Gasteiger partial charge in [0.15, 0.2) is 11.5 Å². The predicted octanol–water partition coefficient (Wildman–Crippen LogP) is 5.42. The number of likely N-dealkylation sites (tertiary alicyclic amines) is 1. The average molecular weight is 449 g/mol. The van der Waals surface area contributed by atoms with Crippen LogP contribution in [0.25, 0.3) is 10.8 Å². The van der Waals surface area contributed by atoms with E-state index < -0.39 is 9.80 Å². The molecule has 0 spiro atoms. The van der Waals surface area contributed by atoms with Gasteiger partial charge in [0, 0.05) is 29.4 Å². The number of benzene rings is 2. The number of carbonyl (C=O) groups excluding carboxylic acids is 1. The second-order valence-electron chi connectivity index (χ2n) is 9.12. The zero-order valence-corrected chi connectivity index (χ0v) is 19.4. The molecule has 0 unspecified atom stereocenters. The van der Waals surface area contributed by atoms with Crippen LogP contribution in [-0.2, 0) is 0 Å². The summed E-state index contributed by atoms with van der Waals surface area (Å²) in [6.07, 6.45) is 1.82. The summed E-state index contributed by atoms with van der Waals surface area (Å²) in [5.74, 6) is 0.649. The Kier molecular flexibility index (Phi) is 6.37. The maximum atomic E-state index is 12.9. The number of hydrogen-bond acceptors (Lipinski definition) is 5. The number of amides is 1. The van der Waals surface area contributed by atoms with Crippen LogP contribution in [0.2, 0.25) is 0 Å². The van der Waals surface area contributed by atoms with Crippen molar-refractivity contribution in [1.29, 1.82) is 0 Å². The van der Waals surface area contributed by atoms with Crippen molar-refractivity contribution in [3.05, 3.63) is 39.9 Å². The Balaban J connectivity index is 2.04. The highest BCUT2D eigenvalue weighted by molar-refractivity contribution is 6.23. The Morgan fingerprint density at radius 1 is 1.10 bits per heavy atom. The van der Waals surface area contributed by atoms with E-state index >= 15 is 0 Å². The van der Waals surface area contributed by atoms with Crippen molar-refractivity contribution in [3.63, 3.8) is 0 Å². The number of alkyl halides is 1. The maximum Gasteiger partial charge on any atom is 0.282 e. The van der Waals surface area contributed by atoms with Crippen LogP contribution < -0.4 is 9.47 Å². The Morgan fingerprint density at radius 3 is 2.23 bits per heavy atom. The number of fused-ring (bicyclic) bond motifs is 1. The summed E-state index contributed by atoms with van der Waals surface area (Å²) in [4.78, 5) is 25.3. The molecule has 3 rings (SSSR count). The summed E-state index contributed by atoms with van der Waals surface area (Å²) < 4.78 is 11.5. The summed E-state index contributed by atoms with van der Waals surface area (Å²) in [5.41, 5.74) is -0.441. The summed E-state index contributed by atoms with van der Waals surface area (Å²) in [5, 5.41) is 13.0. The lowest BCUT2D eigenvalue weighted by Gasteiger charge is -2.36. The highest BCUT2D eigenvalue weighted by atomic mass is 35.5. The second-order valence-corrected chi connectivity index (χ2v) is 10.1. The molecular formula is C23H29ClN2O5. The number of nitro groups is 1. The third kappa shape index (κ3) is 4.71. The SMILES string of the molecule is COc1cc2cc([N+](=O)[O-])c(C(=O)N3CCCC3)cc2cc1OCC(C)(C)C(C)(C)Cl. The third-order valence-electron chi connectivity index (χ3n) is 6.26. The molecule has 168 valence electrons. The van der Waals surface area contributed by atoms with Crippen molar-refractivity contribution in [3.8, 4) is 11.5 Å². The Morgan fingerprint density at radius 2 is 1.68 bits per heavy atom. The zero-order valence-electron chi connectivity index (χ0n) is 18.7. The number of methoxy groups -OCH3 is 1. The molecule has 2 aromatic carbocycles. The van der Waals surface area contributed by atoms with Crippen LogP contribution in [0.5, 0.6) is 11.5 Å². The standard InChI is InChI=1S/C23H29ClN2O5/c1-22(2,23(3,4)24)14-31-20-13-15-10-17(21(27)25-8-6-7-9-25)18(26(28)29)11-16(15)12-19(20)30-5/h10-13H,6-9,14H2,1-5H3. The molecule has 0 radical (unpaired) electrons. The van der Waals surface area contributed by atoms with Crippen molar-refractivity contribution in [1.82, 2.24) is 4.90 Å². The van der Waals surface area contributed by atoms with Crippen LogP contribution in [0.15, 0.2) is 24.3 Å². The van der Waals surface area contributed by atoms with E-state index in [4.69, 9.17) is 21.1 Å². The van der Waals surface area contributed by atoms with Crippen LogP contribution in [0.3, 0.4) is 0 Å². The zero-order chi connectivity index (χ0) is 23.0. The lowest BCUT2D eigenvalue weighted by atomic mass is 9.81. The van der Waals surface area contributed by atoms with E-state index in [2.05, 4.69) is 0 Å². The monoisotopic (exact) mass is 448 g/mol. The topological polar surface area (TPSA) is 81.9 Å². The molecule has 1 saturated heterocycles. The number of ether oxygens (including phenoxy) is 2. The maximum absolute atomic E-state index is 12.9. The van der Waals surface area contributed by atoms with Crippen molar-refractivity contribution in [2.75, 3.05) is 26.8 Å². The molecule has 1 aliphatic heterocycles. The Labute approximate surface area is 187 Å². The Hall–Kier alpha value is -2.54. The van der Waals surface area contributed by atoms with Crippen LogP contribution in [0.4, 0.5) is 5.69 Å². The molecule has 8 heteroatoms. The van der Waals surface area contributed by atoms with E-state index in [0.29, 0.717) is 42.0 Å². The van der Waals surface area contributed by atoms with Gasteiger partial charge < -0.3 is 14.4 Å². The average Bonchev–Trinajstić information content (AvgIpc) is 3.23. The number of nitrogens with zero attached hydrogens (tertiary/aromatic N) is 2. The summed E-state index contributed by atoms with van der Waals surface area (Å²) in [6, 6.07) is 6.46. The summed E-state index contributed by atoms with van der Waals surface area (Å²) in [7, 11) is 1.52. The predicted molar refractivity (Wildman–Crippen MR) is 121 cm³/mol. The van der Waals surface area contributed by atoms with Gasteiger partial charge in [-0.2, -0.15) is 0 Å². The van der Waals surface area contributed by atoms with Gasteiger partial charge in [-0.25, -0.2) is 0 Å². The second kappa shape index (κ2) is 8.54. The fraction of sp³-hybridized carbons (Fsp3) is 0.522. The fourth-order valence-corrected chi connectivity index (χ4v) is 3.47. The third-order valence-corrected chi connectivity index (χ3v) is 6.77. The van der Waals surface area contributed by atoms with Gasteiger partial charge in [-0.15, -0.1) is 11.6 Å². The van der Waals surface area contributed by atoms with Gasteiger partial charge >= 0.3 is 0 Å². The molecular weight excluding hydrogens is 420 g/mol. The molecule has 1 amide bonds. The first-order valence-electron chi connectivity index (χ1n) is 10.4. The van der Waals surface area contributed by atoms with Crippen molar-refractivity contribution in [2.45, 2.75) is 45.4 Å². The van der Waals surface area contributed by atoms with Crippen LogP contribution in [0.1, 0.15) is 50.9 Å². The van der Waals surface area contributed by atoms with E-state index in [1.165, 1.54) is 13.2 Å². The first-order valence-corrected chi connectivity index (χ1v) is 10.7. The number of rotatable bonds is 7. The largest absolute Gasteiger partial charge is 0.493 e. The van der Waals surface area contributed by atoms with Crippen LogP contribution >= 0.6 is 11.6 Å². The van der Waals surface area contributed by atoms with Gasteiger partial charge in [0.1, 0.15) is 5.56 Å². The Bertz CT molecular complexity index is 1010. The van der Waals surface area contributed by atoms with Gasteiger partial charge in [0.25, 0.3) is 11.6 Å². The van der Waals surface area contributed by atoms with E-state index in [-0.39, 0.29) is 22.6 Å². The molecule has 0 bridgehead atoms. The number of carbonyl (C=O) groups is 1. The molecule has 2 aromatic rings. The quantitative estimate of drug-likeness (QED) is 0.321. The van der Waals surface area contributed by atoms with E-state index in [1.807, 2.05) is 27.7 Å². The van der Waals surface area contributed by atoms with Gasteiger partial charge in [-0.05, 0) is 55.7 Å². The van der Waals surface area contributed by atoms with Gasteiger partial charge in [-0.3, -0.25) is 14.9 Å². The first-order chi connectivity index (χ1) is 14.4. The molecule has 0 aliphatic carbocycles.